The number of amides is 1. The minimum absolute atomic E-state index is 0.0622. The van der Waals surface area contributed by atoms with E-state index in [1.165, 1.54) is 0 Å². The maximum absolute atomic E-state index is 11.9. The number of benzene rings is 1. The first-order valence-corrected chi connectivity index (χ1v) is 6.47. The fourth-order valence-corrected chi connectivity index (χ4v) is 2.05. The van der Waals surface area contributed by atoms with Crippen molar-refractivity contribution in [1.29, 1.82) is 0 Å². The van der Waals surface area contributed by atoms with E-state index >= 15 is 0 Å². The van der Waals surface area contributed by atoms with Crippen LogP contribution in [0.15, 0.2) is 45.7 Å². The van der Waals surface area contributed by atoms with Crippen LogP contribution >= 0.6 is 15.9 Å². The van der Waals surface area contributed by atoms with Gasteiger partial charge in [0, 0.05) is 16.6 Å². The van der Waals surface area contributed by atoms with Crippen molar-refractivity contribution in [2.45, 2.75) is 12.8 Å². The van der Waals surface area contributed by atoms with Crippen molar-refractivity contribution in [3.8, 4) is 0 Å². The summed E-state index contributed by atoms with van der Waals surface area (Å²) < 4.78 is 5.54. The highest BCUT2D eigenvalue weighted by Gasteiger charge is 2.07. The van der Waals surface area contributed by atoms with Gasteiger partial charge >= 0.3 is 0 Å². The fraction of sp³-hybridized carbons (Fsp3) is 0.231. The van der Waals surface area contributed by atoms with E-state index in [-0.39, 0.29) is 5.91 Å². The Morgan fingerprint density at radius 1 is 1.39 bits per heavy atom. The second-order valence-corrected chi connectivity index (χ2v) is 4.73. The lowest BCUT2D eigenvalue weighted by Crippen LogP contribution is -2.25. The summed E-state index contributed by atoms with van der Waals surface area (Å²) in [5, 5.41) is 6.51. The number of hydrogen-bond acceptors (Lipinski definition) is 3. The SMILES string of the molecule is O=C(NCCCc1cnoc1)c1ccccc1Br. The van der Waals surface area contributed by atoms with Crippen molar-refractivity contribution in [3.05, 3.63) is 52.3 Å². The molecule has 1 aromatic heterocycles. The van der Waals surface area contributed by atoms with E-state index in [9.17, 15) is 4.79 Å². The zero-order valence-electron chi connectivity index (χ0n) is 9.73. The molecule has 1 N–H and O–H groups in total. The lowest BCUT2D eigenvalue weighted by atomic mass is 10.2. The van der Waals surface area contributed by atoms with E-state index in [0.29, 0.717) is 12.1 Å². The largest absolute Gasteiger partial charge is 0.364 e. The first-order chi connectivity index (χ1) is 8.77. The van der Waals surface area contributed by atoms with Crippen LogP contribution in [0.4, 0.5) is 0 Å². The van der Waals surface area contributed by atoms with Crippen molar-refractivity contribution in [1.82, 2.24) is 10.5 Å². The number of aryl methyl sites for hydroxylation is 1. The number of carbonyl (C=O) groups excluding carboxylic acids is 1. The average Bonchev–Trinajstić information content (AvgIpc) is 2.88. The van der Waals surface area contributed by atoms with E-state index in [2.05, 4.69) is 26.4 Å². The van der Waals surface area contributed by atoms with Crippen LogP contribution in [-0.4, -0.2) is 17.6 Å². The summed E-state index contributed by atoms with van der Waals surface area (Å²) in [5.74, 6) is -0.0622. The van der Waals surface area contributed by atoms with Gasteiger partial charge in [0.15, 0.2) is 0 Å². The Morgan fingerprint density at radius 2 is 2.22 bits per heavy atom. The van der Waals surface area contributed by atoms with Gasteiger partial charge < -0.3 is 9.84 Å². The number of hydrogen-bond donors (Lipinski definition) is 1. The van der Waals surface area contributed by atoms with Gasteiger partial charge in [-0.2, -0.15) is 0 Å². The van der Waals surface area contributed by atoms with E-state index in [4.69, 9.17) is 4.52 Å². The summed E-state index contributed by atoms with van der Waals surface area (Å²) in [4.78, 5) is 11.9. The van der Waals surface area contributed by atoms with E-state index in [0.717, 1.165) is 22.9 Å². The minimum Gasteiger partial charge on any atom is -0.364 e. The molecule has 0 spiro atoms. The van der Waals surface area contributed by atoms with Crippen LogP contribution in [0.5, 0.6) is 0 Å². The second kappa shape index (κ2) is 6.35. The Bertz CT molecular complexity index is 511. The van der Waals surface area contributed by atoms with Gasteiger partial charge in [0.1, 0.15) is 6.26 Å². The molecule has 0 saturated carbocycles. The number of nitrogens with zero attached hydrogens (tertiary/aromatic N) is 1. The minimum atomic E-state index is -0.0622. The maximum Gasteiger partial charge on any atom is 0.252 e. The van der Waals surface area contributed by atoms with Crippen molar-refractivity contribution in [2.75, 3.05) is 6.54 Å². The molecule has 0 radical (unpaired) electrons. The van der Waals surface area contributed by atoms with Gasteiger partial charge in [-0.25, -0.2) is 0 Å². The van der Waals surface area contributed by atoms with Crippen LogP contribution in [0.25, 0.3) is 0 Å². The number of nitrogens with one attached hydrogen (secondary N) is 1. The summed E-state index contributed by atoms with van der Waals surface area (Å²) in [6.45, 7) is 0.630. The fourth-order valence-electron chi connectivity index (χ4n) is 1.59. The quantitative estimate of drug-likeness (QED) is 0.864. The zero-order valence-corrected chi connectivity index (χ0v) is 11.3. The van der Waals surface area contributed by atoms with Gasteiger partial charge in [-0.1, -0.05) is 17.3 Å². The summed E-state index contributed by atoms with van der Waals surface area (Å²) in [6, 6.07) is 7.37. The molecule has 0 aliphatic carbocycles. The summed E-state index contributed by atoms with van der Waals surface area (Å²) in [5.41, 5.74) is 1.70. The highest BCUT2D eigenvalue weighted by molar-refractivity contribution is 9.10. The molecule has 0 unspecified atom stereocenters. The van der Waals surface area contributed by atoms with Crippen molar-refractivity contribution >= 4 is 21.8 Å². The van der Waals surface area contributed by atoms with Crippen molar-refractivity contribution in [2.24, 2.45) is 0 Å². The molecule has 4 nitrogen and oxygen atoms in total. The van der Waals surface area contributed by atoms with Crippen LogP contribution < -0.4 is 5.32 Å². The second-order valence-electron chi connectivity index (χ2n) is 3.87. The van der Waals surface area contributed by atoms with E-state index < -0.39 is 0 Å². The lowest BCUT2D eigenvalue weighted by molar-refractivity contribution is 0.0952. The van der Waals surface area contributed by atoms with Crippen molar-refractivity contribution in [3.63, 3.8) is 0 Å². The van der Waals surface area contributed by atoms with Gasteiger partial charge in [-0.3, -0.25) is 4.79 Å². The monoisotopic (exact) mass is 308 g/mol. The van der Waals surface area contributed by atoms with Gasteiger partial charge in [-0.05, 0) is 40.9 Å². The van der Waals surface area contributed by atoms with Crippen LogP contribution in [-0.2, 0) is 6.42 Å². The molecule has 0 atom stereocenters. The first-order valence-electron chi connectivity index (χ1n) is 5.68. The van der Waals surface area contributed by atoms with Gasteiger partial charge in [0.2, 0.25) is 0 Å². The smallest absolute Gasteiger partial charge is 0.252 e. The maximum atomic E-state index is 11.9. The Kier molecular flexibility index (Phi) is 4.52. The molecule has 0 bridgehead atoms. The van der Waals surface area contributed by atoms with E-state index in [1.54, 1.807) is 18.5 Å². The molecule has 0 aliphatic rings. The molecule has 0 aliphatic heterocycles. The number of halogens is 1. The molecule has 18 heavy (non-hydrogen) atoms. The Morgan fingerprint density at radius 3 is 2.94 bits per heavy atom. The van der Waals surface area contributed by atoms with Crippen LogP contribution in [0.2, 0.25) is 0 Å². The number of carbonyl (C=O) groups is 1. The molecule has 2 rings (SSSR count). The van der Waals surface area contributed by atoms with E-state index in [1.807, 2.05) is 18.2 Å². The van der Waals surface area contributed by atoms with Gasteiger partial charge in [0.25, 0.3) is 5.91 Å². The number of aromatic nitrogens is 1. The Labute approximate surface area is 113 Å². The predicted octanol–water partition coefficient (Wildman–Crippen LogP) is 2.80. The summed E-state index contributed by atoms with van der Waals surface area (Å²) in [6.07, 6.45) is 5.02. The molecule has 1 heterocycles. The van der Waals surface area contributed by atoms with Gasteiger partial charge in [0.05, 0.1) is 11.8 Å². The highest BCUT2D eigenvalue weighted by atomic mass is 79.9. The van der Waals surface area contributed by atoms with Crippen molar-refractivity contribution < 1.29 is 9.32 Å². The molecular formula is C13H13BrN2O2. The molecule has 94 valence electrons. The third-order valence-electron chi connectivity index (χ3n) is 2.53. The molecular weight excluding hydrogens is 296 g/mol. The molecule has 0 saturated heterocycles. The molecule has 1 amide bonds. The van der Waals surface area contributed by atoms with Gasteiger partial charge in [-0.15, -0.1) is 0 Å². The molecule has 0 fully saturated rings. The topological polar surface area (TPSA) is 55.1 Å². The third-order valence-corrected chi connectivity index (χ3v) is 3.22. The van der Waals surface area contributed by atoms with Crippen LogP contribution in [0.1, 0.15) is 22.3 Å². The standard InChI is InChI=1S/C13H13BrN2O2/c14-12-6-2-1-5-11(12)13(17)15-7-3-4-10-8-16-18-9-10/h1-2,5-6,8-9H,3-4,7H2,(H,15,17). The normalized spacial score (nSPS) is 10.3. The van der Waals surface area contributed by atoms with Crippen LogP contribution in [0, 0.1) is 0 Å². The first kappa shape index (κ1) is 12.8. The average molecular weight is 309 g/mol. The predicted molar refractivity (Wildman–Crippen MR) is 71.3 cm³/mol. The molecule has 1 aromatic carbocycles. The molecule has 2 aromatic rings. The molecule has 5 heteroatoms. The number of rotatable bonds is 5. The van der Waals surface area contributed by atoms with Crippen LogP contribution in [0.3, 0.4) is 0 Å². The Hall–Kier alpha value is -1.62. The summed E-state index contributed by atoms with van der Waals surface area (Å²) in [7, 11) is 0. The highest BCUT2D eigenvalue weighted by Crippen LogP contribution is 2.15. The lowest BCUT2D eigenvalue weighted by Gasteiger charge is -2.06. The zero-order chi connectivity index (χ0) is 12.8. The summed E-state index contributed by atoms with van der Waals surface area (Å²) >= 11 is 3.36. The third kappa shape index (κ3) is 3.43. The Balaban J connectivity index is 1.77.